The molecule has 6 nitrogen and oxygen atoms in total. The molecule has 1 amide bonds. The number of carbonyl (C=O) groups is 1. The molecule has 1 saturated carbocycles. The largest absolute Gasteiger partial charge is 0.467 e. The second kappa shape index (κ2) is 8.80. The van der Waals surface area contributed by atoms with Crippen LogP contribution in [-0.2, 0) is 18.0 Å². The number of fused-ring (bicyclic) bond motifs is 1. The van der Waals surface area contributed by atoms with Crippen molar-refractivity contribution in [1.29, 1.82) is 0 Å². The highest BCUT2D eigenvalue weighted by atomic mass is 19.4. The fourth-order valence-corrected chi connectivity index (χ4v) is 4.28. The number of benzene rings is 1. The van der Waals surface area contributed by atoms with Crippen molar-refractivity contribution in [2.24, 2.45) is 7.05 Å². The second-order valence-corrected chi connectivity index (χ2v) is 8.18. The van der Waals surface area contributed by atoms with Gasteiger partial charge in [-0.2, -0.15) is 23.3 Å². The summed E-state index contributed by atoms with van der Waals surface area (Å²) in [4.78, 5) is 16.5. The predicted octanol–water partition coefficient (Wildman–Crippen LogP) is 4.90. The van der Waals surface area contributed by atoms with Crippen molar-refractivity contribution in [3.05, 3.63) is 53.2 Å². The van der Waals surface area contributed by atoms with E-state index in [9.17, 15) is 18.0 Å². The van der Waals surface area contributed by atoms with Gasteiger partial charge in [0, 0.05) is 19.0 Å². The lowest BCUT2D eigenvalue weighted by Crippen LogP contribution is -2.31. The van der Waals surface area contributed by atoms with E-state index in [-0.39, 0.29) is 28.9 Å². The Labute approximate surface area is 183 Å². The van der Waals surface area contributed by atoms with Crippen molar-refractivity contribution < 1.29 is 22.7 Å². The third kappa shape index (κ3) is 4.56. The molecule has 0 bridgehead atoms. The van der Waals surface area contributed by atoms with Crippen molar-refractivity contribution in [1.82, 2.24) is 20.1 Å². The first-order valence-electron chi connectivity index (χ1n) is 10.7. The Morgan fingerprint density at radius 3 is 2.59 bits per heavy atom. The first-order chi connectivity index (χ1) is 15.2. The first-order valence-corrected chi connectivity index (χ1v) is 10.7. The first kappa shape index (κ1) is 22.1. The Bertz CT molecular complexity index is 1110. The van der Waals surface area contributed by atoms with Crippen LogP contribution in [0.2, 0.25) is 0 Å². The number of alkyl halides is 3. The molecule has 1 atom stereocenters. The standard InChI is InChI=1S/C23H25F3N4O2/c1-14(15-8-4-3-5-9-15)27-18(31)13-32-19-12-17(23(24,25)26)20-21(16-10-6-7-11-16)29-30(2)22(20)28-19/h3-5,8-9,12,14,16H,6-7,10-11,13H2,1-2H3,(H,27,31). The Morgan fingerprint density at radius 1 is 1.25 bits per heavy atom. The van der Waals surface area contributed by atoms with Gasteiger partial charge in [0.25, 0.3) is 5.91 Å². The number of halogens is 3. The molecule has 1 aliphatic rings. The van der Waals surface area contributed by atoms with E-state index in [0.29, 0.717) is 5.69 Å². The Hall–Kier alpha value is -3.10. The Balaban J connectivity index is 1.57. The number of hydrogen-bond donors (Lipinski definition) is 1. The van der Waals surface area contributed by atoms with Crippen LogP contribution in [-0.4, -0.2) is 27.3 Å². The lowest BCUT2D eigenvalue weighted by atomic mass is 9.99. The summed E-state index contributed by atoms with van der Waals surface area (Å²) in [6.45, 7) is 1.37. The molecule has 9 heteroatoms. The van der Waals surface area contributed by atoms with Crippen LogP contribution in [0.15, 0.2) is 36.4 Å². The monoisotopic (exact) mass is 446 g/mol. The summed E-state index contributed by atoms with van der Waals surface area (Å²) in [7, 11) is 1.58. The number of nitrogens with zero attached hydrogens (tertiary/aromatic N) is 3. The fourth-order valence-electron chi connectivity index (χ4n) is 4.28. The topological polar surface area (TPSA) is 69.0 Å². The molecule has 4 rings (SSSR count). The molecule has 1 fully saturated rings. The summed E-state index contributed by atoms with van der Waals surface area (Å²) in [6.07, 6.45) is -0.993. The maximum absolute atomic E-state index is 13.9. The SMILES string of the molecule is CC(NC(=O)COc1cc(C(F)(F)F)c2c(C3CCCC3)nn(C)c2n1)c1ccccc1. The van der Waals surface area contributed by atoms with Crippen LogP contribution >= 0.6 is 0 Å². The van der Waals surface area contributed by atoms with E-state index < -0.39 is 24.3 Å². The molecule has 3 aromatic rings. The number of rotatable bonds is 6. The number of ether oxygens (including phenoxy) is 1. The molecule has 1 unspecified atom stereocenters. The third-order valence-electron chi connectivity index (χ3n) is 5.87. The highest BCUT2D eigenvalue weighted by Crippen LogP contribution is 2.42. The molecule has 0 saturated heterocycles. The minimum atomic E-state index is -4.60. The van der Waals surface area contributed by atoms with Crippen LogP contribution in [0, 0.1) is 0 Å². The zero-order valence-electron chi connectivity index (χ0n) is 17.9. The summed E-state index contributed by atoms with van der Waals surface area (Å²) in [5.41, 5.74) is 0.634. The summed E-state index contributed by atoms with van der Waals surface area (Å²) < 4.78 is 48.5. The van der Waals surface area contributed by atoms with Crippen LogP contribution in [0.5, 0.6) is 5.88 Å². The van der Waals surface area contributed by atoms with Crippen LogP contribution in [0.4, 0.5) is 13.2 Å². The van der Waals surface area contributed by atoms with Crippen LogP contribution < -0.4 is 10.1 Å². The van der Waals surface area contributed by atoms with E-state index in [1.807, 2.05) is 37.3 Å². The van der Waals surface area contributed by atoms with Crippen LogP contribution in [0.25, 0.3) is 11.0 Å². The minimum absolute atomic E-state index is 0.00128. The number of amides is 1. The molecule has 1 aromatic carbocycles. The van der Waals surface area contributed by atoms with Gasteiger partial charge in [-0.3, -0.25) is 9.48 Å². The van der Waals surface area contributed by atoms with Gasteiger partial charge in [0.2, 0.25) is 5.88 Å². The molecule has 0 radical (unpaired) electrons. The summed E-state index contributed by atoms with van der Waals surface area (Å²) in [6, 6.07) is 9.95. The van der Waals surface area contributed by atoms with E-state index in [2.05, 4.69) is 15.4 Å². The average Bonchev–Trinajstić information content (AvgIpc) is 3.40. The molecule has 0 aliphatic heterocycles. The lowest BCUT2D eigenvalue weighted by Gasteiger charge is -2.15. The van der Waals surface area contributed by atoms with Gasteiger partial charge >= 0.3 is 6.18 Å². The highest BCUT2D eigenvalue weighted by molar-refractivity contribution is 5.84. The van der Waals surface area contributed by atoms with Crippen molar-refractivity contribution >= 4 is 16.9 Å². The number of aryl methyl sites for hydroxylation is 1. The molecule has 1 aliphatic carbocycles. The Morgan fingerprint density at radius 2 is 1.94 bits per heavy atom. The smallest absolute Gasteiger partial charge is 0.417 e. The van der Waals surface area contributed by atoms with Gasteiger partial charge < -0.3 is 10.1 Å². The number of aromatic nitrogens is 3. The third-order valence-corrected chi connectivity index (χ3v) is 5.87. The maximum Gasteiger partial charge on any atom is 0.417 e. The van der Waals surface area contributed by atoms with E-state index in [4.69, 9.17) is 4.74 Å². The van der Waals surface area contributed by atoms with Crippen LogP contribution in [0.3, 0.4) is 0 Å². The van der Waals surface area contributed by atoms with Gasteiger partial charge in [-0.05, 0) is 25.3 Å². The molecule has 2 heterocycles. The van der Waals surface area contributed by atoms with E-state index in [0.717, 1.165) is 37.3 Å². The van der Waals surface area contributed by atoms with Crippen LogP contribution in [0.1, 0.15) is 61.4 Å². The van der Waals surface area contributed by atoms with Gasteiger partial charge in [-0.15, -0.1) is 0 Å². The number of hydrogen-bond acceptors (Lipinski definition) is 4. The maximum atomic E-state index is 13.9. The Kier molecular flexibility index (Phi) is 6.08. The number of carbonyl (C=O) groups excluding carboxylic acids is 1. The molecule has 32 heavy (non-hydrogen) atoms. The van der Waals surface area contributed by atoms with Gasteiger partial charge in [-0.1, -0.05) is 43.2 Å². The predicted molar refractivity (Wildman–Crippen MR) is 113 cm³/mol. The molecular weight excluding hydrogens is 421 g/mol. The normalized spacial score (nSPS) is 15.8. The van der Waals surface area contributed by atoms with Gasteiger partial charge in [0.15, 0.2) is 12.3 Å². The van der Waals surface area contributed by atoms with Gasteiger partial charge in [-0.25, -0.2) is 0 Å². The molecule has 1 N–H and O–H groups in total. The van der Waals surface area contributed by atoms with Crippen molar-refractivity contribution in [2.45, 2.75) is 50.7 Å². The van der Waals surface area contributed by atoms with E-state index in [1.165, 1.54) is 4.68 Å². The molecule has 0 spiro atoms. The number of pyridine rings is 1. The van der Waals surface area contributed by atoms with E-state index in [1.54, 1.807) is 7.05 Å². The minimum Gasteiger partial charge on any atom is -0.467 e. The van der Waals surface area contributed by atoms with Crippen molar-refractivity contribution in [2.75, 3.05) is 6.61 Å². The summed E-state index contributed by atoms with van der Waals surface area (Å²) >= 11 is 0. The van der Waals surface area contributed by atoms with Crippen molar-refractivity contribution in [3.8, 4) is 5.88 Å². The number of nitrogens with one attached hydrogen (secondary N) is 1. The van der Waals surface area contributed by atoms with E-state index >= 15 is 0 Å². The molecular formula is C23H25F3N4O2. The van der Waals surface area contributed by atoms with Gasteiger partial charge in [0.1, 0.15) is 0 Å². The lowest BCUT2D eigenvalue weighted by molar-refractivity contribution is -0.136. The van der Waals surface area contributed by atoms with Crippen molar-refractivity contribution in [3.63, 3.8) is 0 Å². The highest BCUT2D eigenvalue weighted by Gasteiger charge is 2.37. The second-order valence-electron chi connectivity index (χ2n) is 8.18. The molecule has 170 valence electrons. The zero-order chi connectivity index (χ0) is 22.9. The zero-order valence-corrected chi connectivity index (χ0v) is 17.9. The molecule has 2 aromatic heterocycles. The summed E-state index contributed by atoms with van der Waals surface area (Å²) in [5, 5.41) is 7.17. The summed E-state index contributed by atoms with van der Waals surface area (Å²) in [5.74, 6) is -0.708. The quantitative estimate of drug-likeness (QED) is 0.585. The fraction of sp³-hybridized carbons (Fsp3) is 0.435. The average molecular weight is 446 g/mol. The van der Waals surface area contributed by atoms with Gasteiger partial charge in [0.05, 0.1) is 22.7 Å².